The third-order valence-corrected chi connectivity index (χ3v) is 3.88. The van der Waals surface area contributed by atoms with Crippen molar-refractivity contribution in [3.63, 3.8) is 0 Å². The molecule has 94 valence electrons. The summed E-state index contributed by atoms with van der Waals surface area (Å²) in [5.41, 5.74) is 1.31. The largest absolute Gasteiger partial charge is 0.497 e. The summed E-state index contributed by atoms with van der Waals surface area (Å²) in [6.07, 6.45) is 4.44. The molecule has 0 aliphatic heterocycles. The van der Waals surface area contributed by atoms with E-state index in [1.165, 1.54) is 10.4 Å². The number of thiophene rings is 1. The Labute approximate surface area is 113 Å². The molecule has 2 heteroatoms. The minimum atomic E-state index is 0.0241. The molecule has 0 N–H and O–H groups in total. The summed E-state index contributed by atoms with van der Waals surface area (Å²) in [5.74, 6) is 0.900. The van der Waals surface area contributed by atoms with Crippen molar-refractivity contribution in [3.8, 4) is 5.75 Å². The molecule has 1 aromatic carbocycles. The summed E-state index contributed by atoms with van der Waals surface area (Å²) in [6, 6.07) is 12.5. The fourth-order valence-electron chi connectivity index (χ4n) is 1.79. The maximum absolute atomic E-state index is 5.18. The Kier molecular flexibility index (Phi) is 3.87. The monoisotopic (exact) mass is 258 g/mol. The number of hydrogen-bond donors (Lipinski definition) is 0. The molecule has 0 atom stereocenters. The summed E-state index contributed by atoms with van der Waals surface area (Å²) in [6.45, 7) is 4.44. The maximum Gasteiger partial charge on any atom is 0.118 e. The second-order valence-corrected chi connectivity index (χ2v) is 5.78. The van der Waals surface area contributed by atoms with E-state index in [1.807, 2.05) is 12.1 Å². The first-order valence-electron chi connectivity index (χ1n) is 5.99. The number of methoxy groups -OCH3 is 1. The van der Waals surface area contributed by atoms with Gasteiger partial charge in [0, 0.05) is 10.3 Å². The van der Waals surface area contributed by atoms with Crippen LogP contribution in [0, 0.1) is 0 Å². The van der Waals surface area contributed by atoms with Gasteiger partial charge in [-0.05, 0) is 35.2 Å². The number of rotatable bonds is 4. The van der Waals surface area contributed by atoms with Gasteiger partial charge in [0.15, 0.2) is 0 Å². The standard InChI is InChI=1S/C16H18OS/c1-16(2,11-10-15-5-4-12-18-15)13-6-8-14(17-3)9-7-13/h4-12H,1-3H3/b11-10+. The molecule has 1 heterocycles. The molecule has 2 rings (SSSR count). The molecule has 0 saturated heterocycles. The predicted molar refractivity (Wildman–Crippen MR) is 79.4 cm³/mol. The highest BCUT2D eigenvalue weighted by molar-refractivity contribution is 7.10. The van der Waals surface area contributed by atoms with Crippen molar-refractivity contribution >= 4 is 17.4 Å². The topological polar surface area (TPSA) is 9.23 Å². The molecule has 18 heavy (non-hydrogen) atoms. The number of benzene rings is 1. The van der Waals surface area contributed by atoms with Gasteiger partial charge >= 0.3 is 0 Å². The highest BCUT2D eigenvalue weighted by Crippen LogP contribution is 2.27. The van der Waals surface area contributed by atoms with E-state index in [4.69, 9.17) is 4.74 Å². The zero-order valence-electron chi connectivity index (χ0n) is 11.0. The first kappa shape index (κ1) is 12.9. The third-order valence-electron chi connectivity index (χ3n) is 3.04. The Morgan fingerprint density at radius 1 is 1.11 bits per heavy atom. The van der Waals surface area contributed by atoms with Crippen LogP contribution in [0.2, 0.25) is 0 Å². The van der Waals surface area contributed by atoms with Crippen molar-refractivity contribution in [1.82, 2.24) is 0 Å². The quantitative estimate of drug-likeness (QED) is 0.769. The average molecular weight is 258 g/mol. The first-order valence-corrected chi connectivity index (χ1v) is 6.87. The molecule has 0 spiro atoms. The Morgan fingerprint density at radius 3 is 2.39 bits per heavy atom. The van der Waals surface area contributed by atoms with Gasteiger partial charge in [0.05, 0.1) is 7.11 Å². The van der Waals surface area contributed by atoms with Crippen molar-refractivity contribution < 1.29 is 4.74 Å². The van der Waals surface area contributed by atoms with E-state index in [1.54, 1.807) is 18.4 Å². The molecule has 1 aromatic heterocycles. The van der Waals surface area contributed by atoms with Crippen LogP contribution in [0.5, 0.6) is 5.75 Å². The van der Waals surface area contributed by atoms with Crippen LogP contribution < -0.4 is 4.74 Å². The first-order chi connectivity index (χ1) is 8.62. The lowest BCUT2D eigenvalue weighted by molar-refractivity contribution is 0.414. The van der Waals surface area contributed by atoms with Gasteiger partial charge in [-0.15, -0.1) is 11.3 Å². The molecule has 0 saturated carbocycles. The Morgan fingerprint density at radius 2 is 1.83 bits per heavy atom. The van der Waals surface area contributed by atoms with Gasteiger partial charge in [0.2, 0.25) is 0 Å². The Balaban J connectivity index is 2.18. The van der Waals surface area contributed by atoms with E-state index in [9.17, 15) is 0 Å². The normalized spacial score (nSPS) is 11.9. The molecule has 0 unspecified atom stereocenters. The molecule has 0 aliphatic carbocycles. The average Bonchev–Trinajstić information content (AvgIpc) is 2.90. The lowest BCUT2D eigenvalue weighted by Crippen LogP contribution is -2.12. The van der Waals surface area contributed by atoms with Crippen molar-refractivity contribution in [1.29, 1.82) is 0 Å². The van der Waals surface area contributed by atoms with E-state index < -0.39 is 0 Å². The highest BCUT2D eigenvalue weighted by atomic mass is 32.1. The lowest BCUT2D eigenvalue weighted by Gasteiger charge is -2.21. The van der Waals surface area contributed by atoms with Crippen LogP contribution in [-0.2, 0) is 5.41 Å². The lowest BCUT2D eigenvalue weighted by atomic mass is 9.84. The van der Waals surface area contributed by atoms with Gasteiger partial charge in [0.25, 0.3) is 0 Å². The molecule has 0 bridgehead atoms. The summed E-state index contributed by atoms with van der Waals surface area (Å²) >= 11 is 1.76. The molecule has 0 radical (unpaired) electrons. The molecule has 2 aromatic rings. The van der Waals surface area contributed by atoms with Gasteiger partial charge in [-0.25, -0.2) is 0 Å². The highest BCUT2D eigenvalue weighted by Gasteiger charge is 2.16. The number of ether oxygens (including phenoxy) is 1. The maximum atomic E-state index is 5.18. The zero-order valence-corrected chi connectivity index (χ0v) is 11.8. The Bertz CT molecular complexity index is 507. The summed E-state index contributed by atoms with van der Waals surface area (Å²) in [5, 5.41) is 2.10. The van der Waals surface area contributed by atoms with Gasteiger partial charge in [0.1, 0.15) is 5.75 Å². The van der Waals surface area contributed by atoms with E-state index in [2.05, 4.69) is 55.6 Å². The minimum Gasteiger partial charge on any atom is -0.497 e. The van der Waals surface area contributed by atoms with Crippen LogP contribution in [0.25, 0.3) is 6.08 Å². The smallest absolute Gasteiger partial charge is 0.118 e. The molecule has 0 fully saturated rings. The van der Waals surface area contributed by atoms with Gasteiger partial charge < -0.3 is 4.74 Å². The molecular weight excluding hydrogens is 240 g/mol. The third kappa shape index (κ3) is 3.02. The SMILES string of the molecule is COc1ccc(C(C)(C)/C=C/c2cccs2)cc1. The fourth-order valence-corrected chi connectivity index (χ4v) is 2.41. The van der Waals surface area contributed by atoms with Crippen molar-refractivity contribution in [2.75, 3.05) is 7.11 Å². The summed E-state index contributed by atoms with van der Waals surface area (Å²) in [4.78, 5) is 1.29. The zero-order chi connectivity index (χ0) is 13.0. The van der Waals surface area contributed by atoms with Crippen LogP contribution in [0.3, 0.4) is 0 Å². The van der Waals surface area contributed by atoms with Crippen LogP contribution in [0.1, 0.15) is 24.3 Å². The van der Waals surface area contributed by atoms with Crippen LogP contribution in [-0.4, -0.2) is 7.11 Å². The minimum absolute atomic E-state index is 0.0241. The van der Waals surface area contributed by atoms with E-state index in [0.29, 0.717) is 0 Å². The summed E-state index contributed by atoms with van der Waals surface area (Å²) in [7, 11) is 1.69. The molecule has 0 aliphatic rings. The molecule has 1 nitrogen and oxygen atoms in total. The van der Waals surface area contributed by atoms with Crippen molar-refractivity contribution in [2.24, 2.45) is 0 Å². The van der Waals surface area contributed by atoms with Gasteiger partial charge in [-0.2, -0.15) is 0 Å². The number of allylic oxidation sites excluding steroid dienone is 1. The van der Waals surface area contributed by atoms with Gasteiger partial charge in [-0.1, -0.05) is 38.1 Å². The Hall–Kier alpha value is -1.54. The van der Waals surface area contributed by atoms with Crippen LogP contribution >= 0.6 is 11.3 Å². The second kappa shape index (κ2) is 5.40. The van der Waals surface area contributed by atoms with Crippen molar-refractivity contribution in [3.05, 3.63) is 58.3 Å². The van der Waals surface area contributed by atoms with Crippen LogP contribution in [0.15, 0.2) is 47.9 Å². The number of hydrogen-bond acceptors (Lipinski definition) is 2. The molecule has 0 amide bonds. The fraction of sp³-hybridized carbons (Fsp3) is 0.250. The second-order valence-electron chi connectivity index (χ2n) is 4.80. The van der Waals surface area contributed by atoms with Crippen molar-refractivity contribution in [2.45, 2.75) is 19.3 Å². The predicted octanol–water partition coefficient (Wildman–Crippen LogP) is 4.75. The van der Waals surface area contributed by atoms with E-state index >= 15 is 0 Å². The van der Waals surface area contributed by atoms with Gasteiger partial charge in [-0.3, -0.25) is 0 Å². The van der Waals surface area contributed by atoms with Crippen LogP contribution in [0.4, 0.5) is 0 Å². The molecular formula is C16H18OS. The van der Waals surface area contributed by atoms with E-state index in [-0.39, 0.29) is 5.41 Å². The van der Waals surface area contributed by atoms with E-state index in [0.717, 1.165) is 5.75 Å². The summed E-state index contributed by atoms with van der Waals surface area (Å²) < 4.78 is 5.18.